The Morgan fingerprint density at radius 1 is 1.22 bits per heavy atom. The summed E-state index contributed by atoms with van der Waals surface area (Å²) in [6.45, 7) is 12.5. The monoisotopic (exact) mass is 455 g/mol. The van der Waals surface area contributed by atoms with Crippen molar-refractivity contribution in [1.29, 1.82) is 0 Å². The van der Waals surface area contributed by atoms with Gasteiger partial charge in [-0.15, -0.1) is 0 Å². The SMILES string of the molecule is CC1=C(C(=O)OC(C)C)[C@H](c2cccc(C)c2)N2C(CC(=O)NCCC(C)C)=CSC2=N1. The van der Waals surface area contributed by atoms with Crippen LogP contribution in [0, 0.1) is 12.8 Å². The number of allylic oxidation sites excluding steroid dienone is 1. The Morgan fingerprint density at radius 3 is 2.62 bits per heavy atom. The molecule has 0 aromatic heterocycles. The van der Waals surface area contributed by atoms with E-state index in [-0.39, 0.29) is 24.4 Å². The zero-order valence-electron chi connectivity index (χ0n) is 19.8. The van der Waals surface area contributed by atoms with Crippen molar-refractivity contribution < 1.29 is 14.3 Å². The van der Waals surface area contributed by atoms with Crippen LogP contribution in [0.4, 0.5) is 0 Å². The minimum atomic E-state index is -0.390. The predicted molar refractivity (Wildman–Crippen MR) is 130 cm³/mol. The molecule has 0 unspecified atom stereocenters. The van der Waals surface area contributed by atoms with E-state index in [1.165, 1.54) is 11.8 Å². The van der Waals surface area contributed by atoms with E-state index in [1.807, 2.05) is 56.2 Å². The van der Waals surface area contributed by atoms with Gasteiger partial charge in [-0.05, 0) is 51.0 Å². The Hall–Kier alpha value is -2.54. The van der Waals surface area contributed by atoms with Gasteiger partial charge in [0.25, 0.3) is 0 Å². The van der Waals surface area contributed by atoms with Crippen molar-refractivity contribution in [3.63, 3.8) is 0 Å². The van der Waals surface area contributed by atoms with E-state index in [4.69, 9.17) is 9.73 Å². The van der Waals surface area contributed by atoms with E-state index < -0.39 is 6.04 Å². The number of hydrogen-bond acceptors (Lipinski definition) is 6. The van der Waals surface area contributed by atoms with Gasteiger partial charge in [0, 0.05) is 12.2 Å². The number of nitrogens with zero attached hydrogens (tertiary/aromatic N) is 2. The van der Waals surface area contributed by atoms with Crippen molar-refractivity contribution in [1.82, 2.24) is 10.2 Å². The molecule has 6 nitrogen and oxygen atoms in total. The molecule has 1 atom stereocenters. The highest BCUT2D eigenvalue weighted by Gasteiger charge is 2.41. The Balaban J connectivity index is 1.93. The smallest absolute Gasteiger partial charge is 0.338 e. The third kappa shape index (κ3) is 5.63. The molecule has 0 aliphatic carbocycles. The van der Waals surface area contributed by atoms with Gasteiger partial charge in [0.05, 0.1) is 29.8 Å². The van der Waals surface area contributed by atoms with Gasteiger partial charge in [-0.1, -0.05) is 55.4 Å². The summed E-state index contributed by atoms with van der Waals surface area (Å²) in [5, 5.41) is 5.75. The van der Waals surface area contributed by atoms with Crippen LogP contribution in [0.5, 0.6) is 0 Å². The van der Waals surface area contributed by atoms with Gasteiger partial charge in [0.15, 0.2) is 5.17 Å². The molecule has 172 valence electrons. The fourth-order valence-electron chi connectivity index (χ4n) is 3.79. The number of rotatable bonds is 8. The van der Waals surface area contributed by atoms with Crippen LogP contribution in [-0.4, -0.2) is 34.6 Å². The summed E-state index contributed by atoms with van der Waals surface area (Å²) >= 11 is 1.49. The zero-order chi connectivity index (χ0) is 23.4. The number of amidine groups is 1. The maximum Gasteiger partial charge on any atom is 0.338 e. The first kappa shape index (κ1) is 24.1. The van der Waals surface area contributed by atoms with E-state index in [0.29, 0.717) is 23.7 Å². The highest BCUT2D eigenvalue weighted by Crippen LogP contribution is 2.45. The second-order valence-electron chi connectivity index (χ2n) is 8.97. The second kappa shape index (κ2) is 10.4. The maximum atomic E-state index is 13.1. The van der Waals surface area contributed by atoms with Crippen LogP contribution in [0.3, 0.4) is 0 Å². The molecule has 1 amide bonds. The molecule has 3 rings (SSSR count). The highest BCUT2D eigenvalue weighted by atomic mass is 32.2. The molecule has 7 heteroatoms. The van der Waals surface area contributed by atoms with E-state index in [9.17, 15) is 9.59 Å². The number of ether oxygens (including phenoxy) is 1. The van der Waals surface area contributed by atoms with Gasteiger partial charge >= 0.3 is 5.97 Å². The third-order valence-corrected chi connectivity index (χ3v) is 6.20. The molecule has 0 bridgehead atoms. The molecule has 1 aromatic rings. The first-order chi connectivity index (χ1) is 15.2. The minimum Gasteiger partial charge on any atom is -0.459 e. The molecule has 0 saturated heterocycles. The molecule has 2 aliphatic rings. The molecular weight excluding hydrogens is 422 g/mol. The summed E-state index contributed by atoms with van der Waals surface area (Å²) in [4.78, 5) is 32.5. The number of carbonyl (C=O) groups is 2. The van der Waals surface area contributed by atoms with Crippen molar-refractivity contribution in [2.24, 2.45) is 10.9 Å². The van der Waals surface area contributed by atoms with Gasteiger partial charge in [-0.25, -0.2) is 9.79 Å². The second-order valence-corrected chi connectivity index (χ2v) is 9.81. The summed E-state index contributed by atoms with van der Waals surface area (Å²) in [5.74, 6) is 0.134. The standard InChI is InChI=1S/C25H33N3O3S/c1-15(2)10-11-26-21(29)13-20-14-32-25-27-18(6)22(24(30)31-16(3)4)23(28(20)25)19-9-7-8-17(5)12-19/h7-9,12,14-16,23H,10-11,13H2,1-6H3,(H,26,29)/t23-/m0/s1. The first-order valence-electron chi connectivity index (χ1n) is 11.2. The summed E-state index contributed by atoms with van der Waals surface area (Å²) in [6, 6.07) is 7.72. The van der Waals surface area contributed by atoms with E-state index >= 15 is 0 Å². The number of nitrogens with one attached hydrogen (secondary N) is 1. The zero-order valence-corrected chi connectivity index (χ0v) is 20.6. The Bertz CT molecular complexity index is 978. The van der Waals surface area contributed by atoms with Crippen LogP contribution in [0.15, 0.2) is 51.6 Å². The predicted octanol–water partition coefficient (Wildman–Crippen LogP) is 5.07. The van der Waals surface area contributed by atoms with Gasteiger partial charge in [0.1, 0.15) is 0 Å². The lowest BCUT2D eigenvalue weighted by molar-refractivity contribution is -0.143. The van der Waals surface area contributed by atoms with Crippen LogP contribution in [0.2, 0.25) is 0 Å². The van der Waals surface area contributed by atoms with Crippen molar-refractivity contribution in [2.45, 2.75) is 66.5 Å². The van der Waals surface area contributed by atoms with Crippen LogP contribution in [0.1, 0.15) is 64.6 Å². The van der Waals surface area contributed by atoms with Crippen LogP contribution in [-0.2, 0) is 14.3 Å². The number of aliphatic imine (C=N–C) groups is 1. The quantitative estimate of drug-likeness (QED) is 0.554. The maximum absolute atomic E-state index is 13.1. The molecule has 1 aromatic carbocycles. The third-order valence-electron chi connectivity index (χ3n) is 5.31. The highest BCUT2D eigenvalue weighted by molar-refractivity contribution is 8.16. The van der Waals surface area contributed by atoms with Gasteiger partial charge in [0.2, 0.25) is 5.91 Å². The van der Waals surface area contributed by atoms with Crippen molar-refractivity contribution in [3.8, 4) is 0 Å². The van der Waals surface area contributed by atoms with E-state index in [2.05, 4.69) is 25.2 Å². The van der Waals surface area contributed by atoms with Gasteiger partial charge < -0.3 is 15.0 Å². The molecule has 0 spiro atoms. The number of carbonyl (C=O) groups excluding carboxylic acids is 2. The lowest BCUT2D eigenvalue weighted by Gasteiger charge is -2.36. The molecule has 0 fully saturated rings. The van der Waals surface area contributed by atoms with Crippen molar-refractivity contribution >= 4 is 28.8 Å². The molecule has 0 saturated carbocycles. The fourth-order valence-corrected chi connectivity index (χ4v) is 4.76. The number of hydrogen-bond donors (Lipinski definition) is 1. The summed E-state index contributed by atoms with van der Waals surface area (Å²) in [6.07, 6.45) is 0.938. The first-order valence-corrected chi connectivity index (χ1v) is 12.0. The summed E-state index contributed by atoms with van der Waals surface area (Å²) < 4.78 is 5.58. The minimum absolute atomic E-state index is 0.0284. The van der Waals surface area contributed by atoms with E-state index in [1.54, 1.807) is 0 Å². The number of aryl methyl sites for hydroxylation is 1. The normalized spacial score (nSPS) is 18.0. The summed E-state index contributed by atoms with van der Waals surface area (Å²) in [7, 11) is 0. The number of esters is 1. The largest absolute Gasteiger partial charge is 0.459 e. The lowest BCUT2D eigenvalue weighted by Crippen LogP contribution is -2.38. The summed E-state index contributed by atoms with van der Waals surface area (Å²) in [5.41, 5.74) is 4.08. The van der Waals surface area contributed by atoms with Gasteiger partial charge in [-0.3, -0.25) is 4.79 Å². The Kier molecular flexibility index (Phi) is 7.82. The number of thioether (sulfide) groups is 1. The molecule has 32 heavy (non-hydrogen) atoms. The van der Waals surface area contributed by atoms with Crippen LogP contribution < -0.4 is 5.32 Å². The fraction of sp³-hybridized carbons (Fsp3) is 0.480. The van der Waals surface area contributed by atoms with Crippen LogP contribution in [0.25, 0.3) is 0 Å². The average molecular weight is 456 g/mol. The Morgan fingerprint density at radius 2 is 1.97 bits per heavy atom. The van der Waals surface area contributed by atoms with Crippen LogP contribution >= 0.6 is 11.8 Å². The van der Waals surface area contributed by atoms with E-state index in [0.717, 1.165) is 28.4 Å². The lowest BCUT2D eigenvalue weighted by atomic mass is 9.93. The molecule has 2 aliphatic heterocycles. The topological polar surface area (TPSA) is 71.0 Å². The molecular formula is C25H33N3O3S. The molecule has 1 N–H and O–H groups in total. The van der Waals surface area contributed by atoms with Crippen molar-refractivity contribution in [2.75, 3.05) is 6.54 Å². The average Bonchev–Trinajstić information content (AvgIpc) is 3.07. The van der Waals surface area contributed by atoms with Crippen molar-refractivity contribution in [3.05, 3.63) is 57.8 Å². The number of fused-ring (bicyclic) bond motifs is 1. The van der Waals surface area contributed by atoms with Gasteiger partial charge in [-0.2, -0.15) is 0 Å². The Labute approximate surface area is 195 Å². The number of amides is 1. The molecule has 2 heterocycles. The molecule has 0 radical (unpaired) electrons. The number of benzene rings is 1.